The zero-order chi connectivity index (χ0) is 21.3. The first-order chi connectivity index (χ1) is 14.5. The number of nitrogens with zero attached hydrogens (tertiary/aromatic N) is 4. The van der Waals surface area contributed by atoms with Gasteiger partial charge < -0.3 is 30.7 Å². The zero-order valence-electron chi connectivity index (χ0n) is 16.8. The lowest BCUT2D eigenvalue weighted by atomic mass is 9.97. The number of ether oxygens (including phenoxy) is 2. The molecule has 2 aliphatic rings. The highest BCUT2D eigenvalue weighted by atomic mass is 16.6. The van der Waals surface area contributed by atoms with E-state index in [1.807, 2.05) is 0 Å². The Hall–Kier alpha value is -2.34. The molecule has 5 N–H and O–H groups in total. The molecule has 2 fully saturated rings. The molecule has 11 heteroatoms. The first kappa shape index (κ1) is 20.9. The summed E-state index contributed by atoms with van der Waals surface area (Å²) in [4.78, 5) is 25.0. The lowest BCUT2D eigenvalue weighted by Crippen LogP contribution is -2.50. The Labute approximate surface area is 173 Å². The number of imidazole rings is 1. The van der Waals surface area contributed by atoms with Crippen molar-refractivity contribution in [3.05, 3.63) is 12.7 Å². The number of rotatable bonds is 6. The Bertz CT molecular complexity index is 885. The molecular formula is C19H28N6O5. The van der Waals surface area contributed by atoms with Crippen molar-refractivity contribution in [2.45, 2.75) is 75.8 Å². The van der Waals surface area contributed by atoms with Crippen LogP contribution in [0.1, 0.15) is 45.3 Å². The Balaban J connectivity index is 1.60. The summed E-state index contributed by atoms with van der Waals surface area (Å²) >= 11 is 0. The van der Waals surface area contributed by atoms with E-state index in [1.165, 1.54) is 17.2 Å². The van der Waals surface area contributed by atoms with Crippen molar-refractivity contribution in [3.63, 3.8) is 0 Å². The average molecular weight is 420 g/mol. The lowest BCUT2D eigenvalue weighted by molar-refractivity contribution is -0.162. The lowest BCUT2D eigenvalue weighted by Gasteiger charge is -2.31. The van der Waals surface area contributed by atoms with Gasteiger partial charge in [0.25, 0.3) is 5.91 Å². The molecule has 11 nitrogen and oxygen atoms in total. The summed E-state index contributed by atoms with van der Waals surface area (Å²) in [6.07, 6.45) is 1.81. The second-order valence-electron chi connectivity index (χ2n) is 7.77. The zero-order valence-corrected chi connectivity index (χ0v) is 16.8. The number of hydrogen-bond acceptors (Lipinski definition) is 9. The van der Waals surface area contributed by atoms with E-state index >= 15 is 0 Å². The van der Waals surface area contributed by atoms with Crippen molar-refractivity contribution in [3.8, 4) is 0 Å². The van der Waals surface area contributed by atoms with Crippen molar-refractivity contribution >= 4 is 22.9 Å². The van der Waals surface area contributed by atoms with Crippen LogP contribution in [0.5, 0.6) is 0 Å². The quantitative estimate of drug-likeness (QED) is 0.500. The summed E-state index contributed by atoms with van der Waals surface area (Å²) in [7, 11) is 0. The van der Waals surface area contributed by atoms with Crippen molar-refractivity contribution in [2.24, 2.45) is 0 Å². The van der Waals surface area contributed by atoms with Crippen LogP contribution < -0.4 is 11.1 Å². The van der Waals surface area contributed by atoms with Gasteiger partial charge in [-0.1, -0.05) is 19.3 Å². The molecule has 4 rings (SSSR count). The van der Waals surface area contributed by atoms with Crippen LogP contribution in [0.2, 0.25) is 0 Å². The molecule has 1 amide bonds. The molecule has 1 saturated carbocycles. The van der Waals surface area contributed by atoms with E-state index in [-0.39, 0.29) is 17.8 Å². The summed E-state index contributed by atoms with van der Waals surface area (Å²) < 4.78 is 13.6. The maximum atomic E-state index is 12.7. The molecule has 0 radical (unpaired) electrons. The molecule has 1 aliphatic heterocycles. The number of carbonyl (C=O) groups excluding carboxylic acids is 1. The van der Waals surface area contributed by atoms with Crippen LogP contribution in [-0.4, -0.2) is 72.7 Å². The van der Waals surface area contributed by atoms with E-state index < -0.39 is 30.6 Å². The van der Waals surface area contributed by atoms with Crippen molar-refractivity contribution in [2.75, 3.05) is 12.3 Å². The summed E-state index contributed by atoms with van der Waals surface area (Å²) in [5, 5.41) is 24.2. The van der Waals surface area contributed by atoms with Crippen molar-refractivity contribution in [1.82, 2.24) is 24.8 Å². The van der Waals surface area contributed by atoms with Crippen LogP contribution in [0, 0.1) is 0 Å². The van der Waals surface area contributed by atoms with Gasteiger partial charge in [0.2, 0.25) is 0 Å². The maximum Gasteiger partial charge on any atom is 0.251 e. The summed E-state index contributed by atoms with van der Waals surface area (Å²) in [6, 6.07) is 0. The van der Waals surface area contributed by atoms with Crippen molar-refractivity contribution < 1.29 is 24.5 Å². The minimum Gasteiger partial charge on any atom is -0.387 e. The Morgan fingerprint density at radius 3 is 2.80 bits per heavy atom. The van der Waals surface area contributed by atoms with E-state index in [0.29, 0.717) is 17.7 Å². The van der Waals surface area contributed by atoms with Crippen molar-refractivity contribution in [1.29, 1.82) is 0 Å². The van der Waals surface area contributed by atoms with Gasteiger partial charge in [0.05, 0.1) is 12.4 Å². The van der Waals surface area contributed by atoms with Gasteiger partial charge in [0.15, 0.2) is 23.8 Å². The molecule has 164 valence electrons. The number of aromatic nitrogens is 4. The van der Waals surface area contributed by atoms with E-state index in [4.69, 9.17) is 15.2 Å². The fraction of sp³-hybridized carbons (Fsp3) is 0.684. The number of nitrogen functional groups attached to an aromatic ring is 1. The monoisotopic (exact) mass is 420 g/mol. The molecule has 30 heavy (non-hydrogen) atoms. The summed E-state index contributed by atoms with van der Waals surface area (Å²) in [5.41, 5.74) is 6.56. The molecule has 1 unspecified atom stereocenters. The Morgan fingerprint density at radius 1 is 1.30 bits per heavy atom. The third-order valence-corrected chi connectivity index (χ3v) is 5.74. The molecule has 2 aromatic rings. The SMILES string of the molecule is CCNC(=O)C(OC1CCCCC1)[C@H]1O[C@@H](n2cnc3c(N)ncnc32)[C@H](O)[C@@H]1O. The molecule has 0 spiro atoms. The standard InChI is InChI=1S/C19H28N6O5/c1-2-21-18(28)15(29-10-6-4-3-5-7-10)14-12(26)13(27)19(30-14)25-9-24-11-16(20)22-8-23-17(11)25/h8-10,12-15,19,26-27H,2-7H2,1H3,(H,21,28)(H2,20,22,23)/t12-,13+,14-,15?,19+/m0/s1. The number of hydrogen-bond donors (Lipinski definition) is 4. The molecule has 3 heterocycles. The van der Waals surface area contributed by atoms with Crippen LogP contribution in [0.25, 0.3) is 11.2 Å². The first-order valence-corrected chi connectivity index (χ1v) is 10.4. The van der Waals surface area contributed by atoms with E-state index in [1.54, 1.807) is 6.92 Å². The van der Waals surface area contributed by atoms with E-state index in [9.17, 15) is 15.0 Å². The number of nitrogens with two attached hydrogens (primary N) is 1. The van der Waals surface area contributed by atoms with E-state index in [2.05, 4.69) is 20.3 Å². The minimum absolute atomic E-state index is 0.0834. The normalized spacial score (nSPS) is 28.6. The highest BCUT2D eigenvalue weighted by molar-refractivity contribution is 5.82. The highest BCUT2D eigenvalue weighted by Crippen LogP contribution is 2.35. The molecule has 1 saturated heterocycles. The number of likely N-dealkylation sites (N-methyl/N-ethyl adjacent to an activating group) is 1. The Morgan fingerprint density at radius 2 is 2.07 bits per heavy atom. The second-order valence-corrected chi connectivity index (χ2v) is 7.77. The molecule has 0 bridgehead atoms. The van der Waals surface area contributed by atoms with Crippen LogP contribution in [-0.2, 0) is 14.3 Å². The van der Waals surface area contributed by atoms with Crippen LogP contribution in [0.4, 0.5) is 5.82 Å². The number of nitrogens with one attached hydrogen (secondary N) is 1. The topological polar surface area (TPSA) is 158 Å². The summed E-state index contributed by atoms with van der Waals surface area (Å²) in [6.45, 7) is 2.22. The fourth-order valence-corrected chi connectivity index (χ4v) is 4.19. The number of fused-ring (bicyclic) bond motifs is 1. The average Bonchev–Trinajstić information content (AvgIpc) is 3.30. The number of amides is 1. The van der Waals surface area contributed by atoms with Gasteiger partial charge in [-0.2, -0.15) is 0 Å². The molecular weight excluding hydrogens is 392 g/mol. The minimum atomic E-state index is -1.33. The van der Waals surface area contributed by atoms with Gasteiger partial charge in [0.1, 0.15) is 30.2 Å². The molecule has 1 aliphatic carbocycles. The van der Waals surface area contributed by atoms with Gasteiger partial charge in [-0.15, -0.1) is 0 Å². The molecule has 0 aromatic carbocycles. The first-order valence-electron chi connectivity index (χ1n) is 10.4. The smallest absolute Gasteiger partial charge is 0.251 e. The number of aliphatic hydroxyl groups excluding tert-OH is 2. The van der Waals surface area contributed by atoms with Gasteiger partial charge in [-0.05, 0) is 19.8 Å². The maximum absolute atomic E-state index is 12.7. The summed E-state index contributed by atoms with van der Waals surface area (Å²) in [5.74, 6) is -0.175. The van der Waals surface area contributed by atoms with Gasteiger partial charge >= 0.3 is 0 Å². The van der Waals surface area contributed by atoms with Gasteiger partial charge in [0, 0.05) is 6.54 Å². The fourth-order valence-electron chi connectivity index (χ4n) is 4.19. The number of aliphatic hydroxyl groups is 2. The third-order valence-electron chi connectivity index (χ3n) is 5.74. The molecule has 5 atom stereocenters. The predicted octanol–water partition coefficient (Wildman–Crippen LogP) is -0.118. The molecule has 2 aromatic heterocycles. The van der Waals surface area contributed by atoms with E-state index in [0.717, 1.165) is 32.1 Å². The highest BCUT2D eigenvalue weighted by Gasteiger charge is 2.50. The Kier molecular flexibility index (Phi) is 6.14. The van der Waals surface area contributed by atoms with Crippen LogP contribution in [0.3, 0.4) is 0 Å². The van der Waals surface area contributed by atoms with Gasteiger partial charge in [-0.25, -0.2) is 15.0 Å². The third kappa shape index (κ3) is 3.85. The van der Waals surface area contributed by atoms with Crippen LogP contribution >= 0.6 is 0 Å². The van der Waals surface area contributed by atoms with Gasteiger partial charge in [-0.3, -0.25) is 9.36 Å². The number of carbonyl (C=O) groups is 1. The number of anilines is 1. The predicted molar refractivity (Wildman–Crippen MR) is 106 cm³/mol. The largest absolute Gasteiger partial charge is 0.387 e. The van der Waals surface area contributed by atoms with Crippen LogP contribution in [0.15, 0.2) is 12.7 Å². The second kappa shape index (κ2) is 8.80.